The van der Waals surface area contributed by atoms with Crippen molar-refractivity contribution in [3.63, 3.8) is 0 Å². The Labute approximate surface area is 111 Å². The van der Waals surface area contributed by atoms with Crippen LogP contribution in [0.15, 0.2) is 24.3 Å². The van der Waals surface area contributed by atoms with E-state index in [9.17, 15) is 18.8 Å². The molecule has 0 aliphatic carbocycles. The number of nitrogens with zero attached hydrogens (tertiary/aromatic N) is 1. The average Bonchev–Trinajstić information content (AvgIpc) is 2.56. The number of aliphatic carboxylic acids is 1. The van der Waals surface area contributed by atoms with Crippen molar-refractivity contribution < 1.29 is 23.9 Å². The number of halogens is 2. The van der Waals surface area contributed by atoms with Gasteiger partial charge in [0.1, 0.15) is 5.82 Å². The largest absolute Gasteiger partial charge is 0.478 e. The Balaban J connectivity index is 2.47. The third-order valence-corrected chi connectivity index (χ3v) is 2.95. The molecule has 98 valence electrons. The van der Waals surface area contributed by atoms with Gasteiger partial charge in [0.2, 0.25) is 0 Å². The minimum Gasteiger partial charge on any atom is -0.478 e. The summed E-state index contributed by atoms with van der Waals surface area (Å²) in [6.07, 6.45) is 0. The van der Waals surface area contributed by atoms with Gasteiger partial charge in [-0.05, 0) is 12.1 Å². The molecule has 1 aliphatic rings. The zero-order chi connectivity index (χ0) is 14.3. The molecule has 2 rings (SSSR count). The number of hydrogen-bond acceptors (Lipinski definition) is 3. The number of amides is 1. The maximum absolute atomic E-state index is 13.4. The van der Waals surface area contributed by atoms with Gasteiger partial charge in [0.15, 0.2) is 0 Å². The number of hydrogen-bond donors (Lipinski definition) is 1. The van der Waals surface area contributed by atoms with E-state index in [1.807, 2.05) is 0 Å². The molecule has 1 aromatic rings. The monoisotopic (exact) mass is 283 g/mol. The number of fused-ring (bicyclic) bond motifs is 1. The lowest BCUT2D eigenvalue weighted by atomic mass is 10.1. The number of benzene rings is 1. The van der Waals surface area contributed by atoms with Gasteiger partial charge in [0, 0.05) is 5.57 Å². The molecule has 0 unspecified atom stereocenters. The van der Waals surface area contributed by atoms with Gasteiger partial charge in [0.25, 0.3) is 11.7 Å². The highest BCUT2D eigenvalue weighted by Crippen LogP contribution is 2.33. The van der Waals surface area contributed by atoms with Crippen LogP contribution in [0.5, 0.6) is 0 Å². The Morgan fingerprint density at radius 3 is 2.63 bits per heavy atom. The maximum Gasteiger partial charge on any atom is 0.332 e. The third kappa shape index (κ3) is 2.10. The van der Waals surface area contributed by atoms with Crippen LogP contribution in [0.25, 0.3) is 0 Å². The fraction of sp³-hybridized carbons (Fsp3) is 0.0833. The van der Waals surface area contributed by atoms with Crippen LogP contribution in [-0.2, 0) is 9.59 Å². The molecule has 0 bridgehead atoms. The van der Waals surface area contributed by atoms with Gasteiger partial charge in [-0.25, -0.2) is 9.18 Å². The van der Waals surface area contributed by atoms with Crippen molar-refractivity contribution in [2.45, 2.75) is 0 Å². The predicted octanol–water partition coefficient (Wildman–Crippen LogP) is 1.65. The number of carbonyl (C=O) groups is 3. The molecule has 0 saturated carbocycles. The number of Topliss-reactive ketones (excluding diaryl/α,β-unsaturated/α-hetero) is 1. The summed E-state index contributed by atoms with van der Waals surface area (Å²) in [5.41, 5.74) is -0.335. The van der Waals surface area contributed by atoms with Gasteiger partial charge in [-0.1, -0.05) is 18.2 Å². The molecule has 1 N–H and O–H groups in total. The second-order valence-electron chi connectivity index (χ2n) is 3.91. The van der Waals surface area contributed by atoms with Crippen LogP contribution in [-0.4, -0.2) is 29.3 Å². The van der Waals surface area contributed by atoms with Gasteiger partial charge in [-0.3, -0.25) is 14.5 Å². The smallest absolute Gasteiger partial charge is 0.332 e. The second kappa shape index (κ2) is 4.47. The lowest BCUT2D eigenvalue weighted by Gasteiger charge is -2.16. The van der Waals surface area contributed by atoms with Crippen molar-refractivity contribution in [1.29, 1.82) is 0 Å². The Hall–Kier alpha value is -2.21. The summed E-state index contributed by atoms with van der Waals surface area (Å²) >= 11 is 5.54. The van der Waals surface area contributed by atoms with Crippen LogP contribution >= 0.6 is 11.6 Å². The Kier molecular flexibility index (Phi) is 3.11. The van der Waals surface area contributed by atoms with E-state index >= 15 is 0 Å². The van der Waals surface area contributed by atoms with Crippen molar-refractivity contribution in [1.82, 2.24) is 0 Å². The number of ketones is 1. The van der Waals surface area contributed by atoms with Crippen molar-refractivity contribution in [2.75, 3.05) is 11.4 Å². The zero-order valence-corrected chi connectivity index (χ0v) is 10.2. The summed E-state index contributed by atoms with van der Waals surface area (Å²) in [7, 11) is 0. The highest BCUT2D eigenvalue weighted by molar-refractivity contribution is 6.52. The van der Waals surface area contributed by atoms with Gasteiger partial charge in [0.05, 0.1) is 22.8 Å². The molecular formula is C12H7ClFNO4. The van der Waals surface area contributed by atoms with Crippen LogP contribution in [0, 0.1) is 5.82 Å². The van der Waals surface area contributed by atoms with Gasteiger partial charge in [-0.15, -0.1) is 0 Å². The lowest BCUT2D eigenvalue weighted by molar-refractivity contribution is -0.132. The average molecular weight is 284 g/mol. The summed E-state index contributed by atoms with van der Waals surface area (Å²) < 4.78 is 13.4. The van der Waals surface area contributed by atoms with Crippen LogP contribution in [0.3, 0.4) is 0 Å². The summed E-state index contributed by atoms with van der Waals surface area (Å²) in [6.45, 7) is 2.87. The molecule has 0 aromatic heterocycles. The van der Waals surface area contributed by atoms with E-state index in [2.05, 4.69) is 6.58 Å². The fourth-order valence-electron chi connectivity index (χ4n) is 1.70. The normalized spacial score (nSPS) is 13.7. The van der Waals surface area contributed by atoms with Crippen LogP contribution < -0.4 is 4.90 Å². The molecule has 0 spiro atoms. The van der Waals surface area contributed by atoms with E-state index in [0.717, 1.165) is 17.0 Å². The highest BCUT2D eigenvalue weighted by Gasteiger charge is 2.37. The highest BCUT2D eigenvalue weighted by atomic mass is 35.5. The molecule has 1 aliphatic heterocycles. The number of rotatable bonds is 3. The molecule has 1 heterocycles. The van der Waals surface area contributed by atoms with E-state index in [1.54, 1.807) is 0 Å². The standard InChI is InChI=1S/C12H7ClFNO4/c1-5(12(18)19)4-15-9-3-8(14)7(13)2-6(9)10(16)11(15)17/h2-3H,1,4H2,(H,18,19). The van der Waals surface area contributed by atoms with E-state index < -0.39 is 30.0 Å². The van der Waals surface area contributed by atoms with E-state index in [-0.39, 0.29) is 21.8 Å². The molecule has 0 radical (unpaired) electrons. The number of carboxylic acid groups (broad SMARTS) is 1. The van der Waals surface area contributed by atoms with Crippen molar-refractivity contribution in [3.05, 3.63) is 40.7 Å². The van der Waals surface area contributed by atoms with Gasteiger partial charge in [-0.2, -0.15) is 0 Å². The van der Waals surface area contributed by atoms with Gasteiger partial charge < -0.3 is 5.11 Å². The SMILES string of the molecule is C=C(CN1C(=O)C(=O)c2cc(Cl)c(F)cc21)C(=O)O. The molecule has 0 atom stereocenters. The first-order valence-corrected chi connectivity index (χ1v) is 5.47. The lowest BCUT2D eigenvalue weighted by Crippen LogP contribution is -2.32. The summed E-state index contributed by atoms with van der Waals surface area (Å²) in [6, 6.07) is 1.98. The molecular weight excluding hydrogens is 277 g/mol. The Bertz CT molecular complexity index is 641. The second-order valence-corrected chi connectivity index (χ2v) is 4.32. The van der Waals surface area contributed by atoms with Crippen LogP contribution in [0.1, 0.15) is 10.4 Å². The summed E-state index contributed by atoms with van der Waals surface area (Å²) in [5.74, 6) is -3.88. The minimum absolute atomic E-state index is 0.000648. The molecule has 5 nitrogen and oxygen atoms in total. The Morgan fingerprint density at radius 1 is 1.42 bits per heavy atom. The fourth-order valence-corrected chi connectivity index (χ4v) is 1.87. The predicted molar refractivity (Wildman–Crippen MR) is 64.9 cm³/mol. The first-order valence-electron chi connectivity index (χ1n) is 5.09. The molecule has 1 amide bonds. The molecule has 19 heavy (non-hydrogen) atoms. The zero-order valence-electron chi connectivity index (χ0n) is 9.44. The van der Waals surface area contributed by atoms with E-state index in [0.29, 0.717) is 0 Å². The quantitative estimate of drug-likeness (QED) is 0.676. The molecule has 7 heteroatoms. The van der Waals surface area contributed by atoms with Crippen LogP contribution in [0.2, 0.25) is 5.02 Å². The van der Waals surface area contributed by atoms with Crippen molar-refractivity contribution in [2.24, 2.45) is 0 Å². The first-order chi connectivity index (χ1) is 8.82. The van der Waals surface area contributed by atoms with Crippen molar-refractivity contribution in [3.8, 4) is 0 Å². The number of carbonyl (C=O) groups excluding carboxylic acids is 2. The minimum atomic E-state index is -1.30. The van der Waals surface area contributed by atoms with Crippen molar-refractivity contribution >= 4 is 34.9 Å². The van der Waals surface area contributed by atoms with E-state index in [1.165, 1.54) is 0 Å². The molecule has 0 fully saturated rings. The summed E-state index contributed by atoms with van der Waals surface area (Å²) in [5, 5.41) is 8.44. The molecule has 1 aromatic carbocycles. The summed E-state index contributed by atoms with van der Waals surface area (Å²) in [4.78, 5) is 35.0. The van der Waals surface area contributed by atoms with Gasteiger partial charge >= 0.3 is 5.97 Å². The molecule has 0 saturated heterocycles. The maximum atomic E-state index is 13.4. The Morgan fingerprint density at radius 2 is 2.05 bits per heavy atom. The number of anilines is 1. The third-order valence-electron chi connectivity index (χ3n) is 2.66. The van der Waals surface area contributed by atoms with E-state index in [4.69, 9.17) is 16.7 Å². The number of carboxylic acids is 1. The topological polar surface area (TPSA) is 74.7 Å². The van der Waals surface area contributed by atoms with Crippen LogP contribution in [0.4, 0.5) is 10.1 Å². The first kappa shape index (κ1) is 13.2.